The van der Waals surface area contributed by atoms with E-state index in [-0.39, 0.29) is 38.1 Å². The molecule has 6 nitrogen and oxygen atoms in total. The van der Waals surface area contributed by atoms with Gasteiger partial charge in [0.15, 0.2) is 0 Å². The summed E-state index contributed by atoms with van der Waals surface area (Å²) in [6.07, 6.45) is 3.28. The average molecular weight is 552 g/mol. The zero-order chi connectivity index (χ0) is 22.2. The van der Waals surface area contributed by atoms with E-state index in [0.29, 0.717) is 22.8 Å². The van der Waals surface area contributed by atoms with Crippen LogP contribution >= 0.6 is 0 Å². The van der Waals surface area contributed by atoms with Crippen LogP contribution in [0.5, 0.6) is 0 Å². The topological polar surface area (TPSA) is 84.0 Å². The average Bonchev–Trinajstić information content (AvgIpc) is 2.84. The fraction of sp³-hybridized carbons (Fsp3) is 0. The first-order valence-electron chi connectivity index (χ1n) is 9.68. The molecule has 32 heavy (non-hydrogen) atoms. The van der Waals surface area contributed by atoms with Crippen molar-refractivity contribution in [3.8, 4) is 0 Å². The number of hydrogen-bond donors (Lipinski definition) is 2. The van der Waals surface area contributed by atoms with E-state index in [1.54, 1.807) is 36.7 Å². The number of pyridine rings is 2. The van der Waals surface area contributed by atoms with Crippen molar-refractivity contribution < 1.29 is 9.59 Å². The predicted molar refractivity (Wildman–Crippen MR) is 128 cm³/mol. The maximum atomic E-state index is 12.8. The second kappa shape index (κ2) is 10.8. The second-order valence-electron chi connectivity index (χ2n) is 6.50. The number of nitrogens with one attached hydrogen (secondary N) is 2. The summed E-state index contributed by atoms with van der Waals surface area (Å²) in [5.74, 6) is 0.667. The van der Waals surface area contributed by atoms with Crippen LogP contribution < -0.4 is 19.6 Å². The minimum atomic E-state index is -0.182. The van der Waals surface area contributed by atoms with Crippen LogP contribution in [0.4, 0.5) is 11.6 Å². The third-order valence-corrected chi connectivity index (χ3v) is 11.5. The molecule has 0 aliphatic heterocycles. The molecule has 0 atom stereocenters. The van der Waals surface area contributed by atoms with Crippen molar-refractivity contribution >= 4 is 58.6 Å². The fourth-order valence-electron chi connectivity index (χ4n) is 2.78. The third-order valence-electron chi connectivity index (χ3n) is 4.30. The summed E-state index contributed by atoms with van der Waals surface area (Å²) in [7, 11) is 0. The van der Waals surface area contributed by atoms with Crippen molar-refractivity contribution in [3.05, 3.63) is 108 Å². The Balaban J connectivity index is 1.49. The van der Waals surface area contributed by atoms with Crippen molar-refractivity contribution in [2.75, 3.05) is 10.6 Å². The molecule has 158 valence electrons. The molecule has 2 aromatic heterocycles. The fourth-order valence-corrected chi connectivity index (χ4v) is 9.90. The molecule has 0 bridgehead atoms. The Hall–Kier alpha value is -3.28. The third kappa shape index (κ3) is 5.69. The Morgan fingerprint density at radius 3 is 1.38 bits per heavy atom. The molecule has 2 amide bonds. The molecule has 4 aromatic rings. The summed E-state index contributed by atoms with van der Waals surface area (Å²) in [5.41, 5.74) is 1.27. The van der Waals surface area contributed by atoms with Crippen LogP contribution in [0.3, 0.4) is 0 Å². The zero-order valence-corrected chi connectivity index (χ0v) is 20.2. The van der Waals surface area contributed by atoms with Gasteiger partial charge in [-0.1, -0.05) is 0 Å². The monoisotopic (exact) mass is 554 g/mol. The van der Waals surface area contributed by atoms with Crippen molar-refractivity contribution in [1.29, 1.82) is 0 Å². The maximum absolute atomic E-state index is 12.8. The van der Waals surface area contributed by atoms with Gasteiger partial charge in [0.05, 0.1) is 0 Å². The Morgan fingerprint density at radius 2 is 0.969 bits per heavy atom. The molecular weight excluding hydrogens is 534 g/mol. The van der Waals surface area contributed by atoms with Crippen molar-refractivity contribution in [3.63, 3.8) is 0 Å². The van der Waals surface area contributed by atoms with Gasteiger partial charge in [0.2, 0.25) is 0 Å². The van der Waals surface area contributed by atoms with Crippen LogP contribution in [0.25, 0.3) is 0 Å². The Morgan fingerprint density at radius 1 is 0.562 bits per heavy atom. The van der Waals surface area contributed by atoms with Gasteiger partial charge in [0, 0.05) is 0 Å². The summed E-state index contributed by atoms with van der Waals surface area (Å²) in [6.45, 7) is 0. The van der Waals surface area contributed by atoms with Gasteiger partial charge in [0.25, 0.3) is 0 Å². The van der Waals surface area contributed by atoms with E-state index in [0.717, 1.165) is 8.92 Å². The van der Waals surface area contributed by atoms with Gasteiger partial charge in [-0.05, 0) is 0 Å². The van der Waals surface area contributed by atoms with Crippen LogP contribution in [-0.4, -0.2) is 48.0 Å². The molecule has 0 aliphatic rings. The molecular formula is C24H18N4O2Se2. The molecule has 0 spiro atoms. The first kappa shape index (κ1) is 21.9. The van der Waals surface area contributed by atoms with Gasteiger partial charge in [-0.15, -0.1) is 0 Å². The molecule has 0 radical (unpaired) electrons. The number of anilines is 2. The van der Waals surface area contributed by atoms with Crippen molar-refractivity contribution in [1.82, 2.24) is 9.97 Å². The molecule has 0 saturated carbocycles. The van der Waals surface area contributed by atoms with Gasteiger partial charge >= 0.3 is 197 Å². The molecule has 2 aromatic carbocycles. The number of benzene rings is 2. The van der Waals surface area contributed by atoms with E-state index in [1.807, 2.05) is 60.7 Å². The van der Waals surface area contributed by atoms with Crippen LogP contribution in [0.2, 0.25) is 0 Å². The first-order chi connectivity index (χ1) is 15.7. The van der Waals surface area contributed by atoms with E-state index in [1.165, 1.54) is 0 Å². The number of rotatable bonds is 7. The van der Waals surface area contributed by atoms with Gasteiger partial charge in [-0.25, -0.2) is 0 Å². The van der Waals surface area contributed by atoms with Gasteiger partial charge in [0.1, 0.15) is 0 Å². The SMILES string of the molecule is O=C(Nc1ccccn1)c1ccccc1[Se][Se]c1ccccc1C(=O)Nc1ccccn1. The molecule has 0 aliphatic carbocycles. The second-order valence-corrected chi connectivity index (χ2v) is 12.7. The number of carbonyl (C=O) groups is 2. The van der Waals surface area contributed by atoms with E-state index in [2.05, 4.69) is 20.6 Å². The molecule has 8 heteroatoms. The Labute approximate surface area is 196 Å². The Bertz CT molecular complexity index is 1120. The number of carbonyl (C=O) groups excluding carboxylic acids is 2. The van der Waals surface area contributed by atoms with Crippen LogP contribution in [0, 0.1) is 0 Å². The summed E-state index contributed by atoms with van der Waals surface area (Å²) >= 11 is 0.0128. The molecule has 0 fully saturated rings. The summed E-state index contributed by atoms with van der Waals surface area (Å²) in [6, 6.07) is 26.0. The van der Waals surface area contributed by atoms with Gasteiger partial charge in [-0.2, -0.15) is 0 Å². The van der Waals surface area contributed by atoms with E-state index in [4.69, 9.17) is 0 Å². The number of amides is 2. The molecule has 2 heterocycles. The Kier molecular flexibility index (Phi) is 7.43. The summed E-state index contributed by atoms with van der Waals surface area (Å²) < 4.78 is 1.99. The molecule has 2 N–H and O–H groups in total. The van der Waals surface area contributed by atoms with Gasteiger partial charge < -0.3 is 0 Å². The van der Waals surface area contributed by atoms with Crippen LogP contribution in [0.15, 0.2) is 97.3 Å². The van der Waals surface area contributed by atoms with Crippen molar-refractivity contribution in [2.24, 2.45) is 0 Å². The molecule has 4 rings (SSSR count). The molecule has 0 unspecified atom stereocenters. The normalized spacial score (nSPS) is 10.4. The number of nitrogens with zero attached hydrogens (tertiary/aromatic N) is 2. The summed E-state index contributed by atoms with van der Waals surface area (Å²) in [5, 5.41) is 5.70. The minimum absolute atomic E-state index is 0.00638. The molecule has 0 saturated heterocycles. The summed E-state index contributed by atoms with van der Waals surface area (Å²) in [4.78, 5) is 34.0. The number of hydrogen-bond acceptors (Lipinski definition) is 4. The van der Waals surface area contributed by atoms with Crippen LogP contribution in [-0.2, 0) is 0 Å². The number of aromatic nitrogens is 2. The quantitative estimate of drug-likeness (QED) is 0.345. The van der Waals surface area contributed by atoms with E-state index >= 15 is 0 Å². The zero-order valence-electron chi connectivity index (χ0n) is 16.8. The van der Waals surface area contributed by atoms with Crippen LogP contribution in [0.1, 0.15) is 20.7 Å². The van der Waals surface area contributed by atoms with E-state index < -0.39 is 0 Å². The first-order valence-corrected chi connectivity index (χ1v) is 15.7. The predicted octanol–water partition coefficient (Wildman–Crippen LogP) is 2.26. The van der Waals surface area contributed by atoms with E-state index in [9.17, 15) is 9.59 Å². The van der Waals surface area contributed by atoms with Crippen molar-refractivity contribution in [2.45, 2.75) is 0 Å². The standard InChI is InChI=1S/C24H18N4O2Se2/c29-23(27-21-13-5-7-15-25-21)17-9-1-3-11-19(17)31-32-20-12-4-2-10-18(20)24(30)28-22-14-6-8-16-26-22/h1-16H,(H,25,27,29)(H,26,28,30). The van der Waals surface area contributed by atoms with Gasteiger partial charge in [-0.3, -0.25) is 0 Å².